The monoisotopic (exact) mass is 471 g/mol. The molecule has 2 aromatic carbocycles. The summed E-state index contributed by atoms with van der Waals surface area (Å²) in [4.78, 5) is 25.2. The number of methoxy groups -OCH3 is 1. The average Bonchev–Trinajstić information content (AvgIpc) is 3.32. The first kappa shape index (κ1) is 24.2. The second-order valence-corrected chi connectivity index (χ2v) is 8.54. The third-order valence-electron chi connectivity index (χ3n) is 5.58. The van der Waals surface area contributed by atoms with Crippen molar-refractivity contribution in [3.8, 4) is 0 Å². The number of esters is 1. The highest BCUT2D eigenvalue weighted by Gasteiger charge is 2.58. The van der Waals surface area contributed by atoms with E-state index < -0.39 is 48.5 Å². The second-order valence-electron chi connectivity index (χ2n) is 8.54. The normalized spacial score (nSPS) is 25.9. The van der Waals surface area contributed by atoms with Crippen LogP contribution in [0.15, 0.2) is 60.7 Å². The largest absolute Gasteiger partial charge is 0.467 e. The van der Waals surface area contributed by atoms with Gasteiger partial charge in [0.2, 0.25) is 0 Å². The minimum Gasteiger partial charge on any atom is -0.467 e. The molecule has 2 fully saturated rings. The Labute approximate surface area is 198 Å². The van der Waals surface area contributed by atoms with Crippen molar-refractivity contribution in [2.75, 3.05) is 7.11 Å². The number of alkyl carbamates (subject to hydrolysis) is 1. The summed E-state index contributed by atoms with van der Waals surface area (Å²) in [5.74, 6) is -1.58. The number of hydrogen-bond donors (Lipinski definition) is 1. The molecule has 9 heteroatoms. The van der Waals surface area contributed by atoms with Gasteiger partial charge >= 0.3 is 12.1 Å². The fourth-order valence-electron chi connectivity index (χ4n) is 4.02. The quantitative estimate of drug-likeness (QED) is 0.587. The van der Waals surface area contributed by atoms with Crippen molar-refractivity contribution in [3.63, 3.8) is 0 Å². The number of nitrogens with one attached hydrogen (secondary N) is 1. The molecule has 1 N–H and O–H groups in total. The van der Waals surface area contributed by atoms with E-state index in [2.05, 4.69) is 5.32 Å². The molecule has 5 atom stereocenters. The Kier molecular flexibility index (Phi) is 7.47. The summed E-state index contributed by atoms with van der Waals surface area (Å²) in [6.45, 7) is 3.85. The van der Waals surface area contributed by atoms with Crippen molar-refractivity contribution in [2.45, 2.75) is 63.5 Å². The third kappa shape index (κ3) is 5.74. The number of carbonyl (C=O) groups is 2. The maximum atomic E-state index is 12.7. The minimum atomic E-state index is -1.20. The van der Waals surface area contributed by atoms with Crippen LogP contribution in [0.1, 0.15) is 25.0 Å². The molecule has 2 aliphatic rings. The Morgan fingerprint density at radius 2 is 1.59 bits per heavy atom. The zero-order chi connectivity index (χ0) is 24.1. The first-order valence-corrected chi connectivity index (χ1v) is 11.1. The van der Waals surface area contributed by atoms with Gasteiger partial charge in [0, 0.05) is 0 Å². The molecular formula is C25H29NO8. The number of fused-ring (bicyclic) bond motifs is 1. The number of carbonyl (C=O) groups excluding carboxylic acids is 2. The molecule has 9 nitrogen and oxygen atoms in total. The van der Waals surface area contributed by atoms with Gasteiger partial charge in [-0.1, -0.05) is 60.7 Å². The van der Waals surface area contributed by atoms with Crippen LogP contribution in [-0.2, 0) is 46.4 Å². The number of ether oxygens (including phenoxy) is 6. The second kappa shape index (κ2) is 10.5. The van der Waals surface area contributed by atoms with Crippen LogP contribution in [0.4, 0.5) is 4.79 Å². The highest BCUT2D eigenvalue weighted by Crippen LogP contribution is 2.40. The van der Waals surface area contributed by atoms with Gasteiger partial charge in [0.05, 0.1) is 13.7 Å². The fourth-order valence-corrected chi connectivity index (χ4v) is 4.02. The maximum Gasteiger partial charge on any atom is 0.408 e. The van der Waals surface area contributed by atoms with Crippen LogP contribution in [0.5, 0.6) is 0 Å². The zero-order valence-electron chi connectivity index (χ0n) is 19.3. The van der Waals surface area contributed by atoms with Gasteiger partial charge in [0.25, 0.3) is 0 Å². The highest BCUT2D eigenvalue weighted by molar-refractivity contribution is 5.82. The van der Waals surface area contributed by atoms with Crippen molar-refractivity contribution in [1.82, 2.24) is 5.32 Å². The molecule has 2 heterocycles. The molecule has 0 unspecified atom stereocenters. The lowest BCUT2D eigenvalue weighted by Gasteiger charge is -2.30. The van der Waals surface area contributed by atoms with Gasteiger partial charge in [-0.15, -0.1) is 0 Å². The lowest BCUT2D eigenvalue weighted by Crippen LogP contribution is -2.54. The summed E-state index contributed by atoms with van der Waals surface area (Å²) in [7, 11) is 1.23. The van der Waals surface area contributed by atoms with Crippen molar-refractivity contribution >= 4 is 12.1 Å². The van der Waals surface area contributed by atoms with E-state index in [1.54, 1.807) is 13.8 Å². The van der Waals surface area contributed by atoms with E-state index in [0.717, 1.165) is 11.1 Å². The molecule has 182 valence electrons. The lowest BCUT2D eigenvalue weighted by atomic mass is 10.0. The summed E-state index contributed by atoms with van der Waals surface area (Å²) in [6, 6.07) is 17.6. The number of amides is 1. The van der Waals surface area contributed by atoms with Crippen LogP contribution in [0.3, 0.4) is 0 Å². The van der Waals surface area contributed by atoms with Gasteiger partial charge < -0.3 is 33.7 Å². The third-order valence-corrected chi connectivity index (χ3v) is 5.58. The smallest absolute Gasteiger partial charge is 0.408 e. The summed E-state index contributed by atoms with van der Waals surface area (Å²) in [5.41, 5.74) is 1.75. The van der Waals surface area contributed by atoms with Crippen molar-refractivity contribution < 1.29 is 38.0 Å². The van der Waals surface area contributed by atoms with Gasteiger partial charge in [-0.05, 0) is 25.0 Å². The highest BCUT2D eigenvalue weighted by atomic mass is 16.8. The molecule has 2 aromatic rings. The molecule has 2 saturated heterocycles. The molecule has 1 amide bonds. The number of rotatable bonds is 8. The molecule has 0 aliphatic carbocycles. The van der Waals surface area contributed by atoms with E-state index in [-0.39, 0.29) is 13.2 Å². The van der Waals surface area contributed by atoms with Gasteiger partial charge in [-0.3, -0.25) is 0 Å². The Bertz CT molecular complexity index is 967. The average molecular weight is 472 g/mol. The molecule has 0 radical (unpaired) electrons. The van der Waals surface area contributed by atoms with Crippen molar-refractivity contribution in [3.05, 3.63) is 71.8 Å². The predicted molar refractivity (Wildman–Crippen MR) is 119 cm³/mol. The Balaban J connectivity index is 1.48. The molecule has 4 rings (SSSR count). The van der Waals surface area contributed by atoms with Gasteiger partial charge in [-0.2, -0.15) is 0 Å². The van der Waals surface area contributed by atoms with E-state index in [9.17, 15) is 9.59 Å². The Morgan fingerprint density at radius 1 is 0.971 bits per heavy atom. The number of hydrogen-bond acceptors (Lipinski definition) is 8. The van der Waals surface area contributed by atoms with Gasteiger partial charge in [0.1, 0.15) is 24.9 Å². The Morgan fingerprint density at radius 3 is 2.21 bits per heavy atom. The van der Waals surface area contributed by atoms with Crippen LogP contribution < -0.4 is 5.32 Å². The standard InChI is InChI=1S/C25H29NO8/c1-25(2)33-21-20(30-14-16-10-6-4-7-11-16)19(32-23(21)34-25)18(22(27)29-3)26-24(28)31-15-17-12-8-5-9-13-17/h4-13,18-21,23H,14-15H2,1-3H3,(H,26,28)/t18-,19-,20+,21-,23-/m1/s1. The predicted octanol–water partition coefficient (Wildman–Crippen LogP) is 2.92. The molecule has 2 aliphatic heterocycles. The first-order valence-electron chi connectivity index (χ1n) is 11.1. The first-order chi connectivity index (χ1) is 16.4. The molecule has 34 heavy (non-hydrogen) atoms. The summed E-state index contributed by atoms with van der Waals surface area (Å²) in [5, 5.41) is 2.57. The minimum absolute atomic E-state index is 0.0473. The van der Waals surface area contributed by atoms with Crippen LogP contribution >= 0.6 is 0 Å². The van der Waals surface area contributed by atoms with E-state index >= 15 is 0 Å². The molecule has 0 saturated carbocycles. The topological polar surface area (TPSA) is 102 Å². The molecule has 0 aromatic heterocycles. The van der Waals surface area contributed by atoms with Crippen molar-refractivity contribution in [1.29, 1.82) is 0 Å². The lowest BCUT2D eigenvalue weighted by molar-refractivity contribution is -0.223. The van der Waals surface area contributed by atoms with Crippen LogP contribution in [0.2, 0.25) is 0 Å². The zero-order valence-corrected chi connectivity index (χ0v) is 19.3. The van der Waals surface area contributed by atoms with Crippen molar-refractivity contribution in [2.24, 2.45) is 0 Å². The number of benzene rings is 2. The molecular weight excluding hydrogens is 442 g/mol. The van der Waals surface area contributed by atoms with E-state index in [1.807, 2.05) is 60.7 Å². The van der Waals surface area contributed by atoms with Gasteiger partial charge in [0.15, 0.2) is 18.1 Å². The van der Waals surface area contributed by atoms with E-state index in [0.29, 0.717) is 0 Å². The maximum absolute atomic E-state index is 12.7. The SMILES string of the molecule is COC(=O)[C@H](NC(=O)OCc1ccccc1)[C@H]1O[C@@H]2OC(C)(C)O[C@@H]2[C@H]1OCc1ccccc1. The summed E-state index contributed by atoms with van der Waals surface area (Å²) < 4.78 is 34.3. The van der Waals surface area contributed by atoms with Crippen LogP contribution in [0, 0.1) is 0 Å². The molecule has 0 bridgehead atoms. The Hall–Kier alpha value is -2.98. The molecule has 0 spiro atoms. The van der Waals surface area contributed by atoms with Gasteiger partial charge in [-0.25, -0.2) is 9.59 Å². The van der Waals surface area contributed by atoms with E-state index in [4.69, 9.17) is 28.4 Å². The van der Waals surface area contributed by atoms with E-state index in [1.165, 1.54) is 7.11 Å². The summed E-state index contributed by atoms with van der Waals surface area (Å²) >= 11 is 0. The van der Waals surface area contributed by atoms with Crippen LogP contribution in [-0.4, -0.2) is 55.6 Å². The fraction of sp³-hybridized carbons (Fsp3) is 0.440. The summed E-state index contributed by atoms with van der Waals surface area (Å²) in [6.07, 6.45) is -3.80. The van der Waals surface area contributed by atoms with Crippen LogP contribution in [0.25, 0.3) is 0 Å².